The van der Waals surface area contributed by atoms with Crippen LogP contribution >= 0.6 is 0 Å². The molecule has 18 heavy (non-hydrogen) atoms. The van der Waals surface area contributed by atoms with Crippen LogP contribution in [0.2, 0.25) is 0 Å². The summed E-state index contributed by atoms with van der Waals surface area (Å²) >= 11 is 0. The van der Waals surface area contributed by atoms with Crippen LogP contribution in [0.4, 0.5) is 0 Å². The van der Waals surface area contributed by atoms with Gasteiger partial charge in [-0.2, -0.15) is 8.42 Å². The molecule has 0 amide bonds. The van der Waals surface area contributed by atoms with Gasteiger partial charge >= 0.3 is 10.4 Å². The van der Waals surface area contributed by atoms with Gasteiger partial charge in [-0.05, 0) is 32.5 Å². The minimum absolute atomic E-state index is 0.0289. The van der Waals surface area contributed by atoms with Crippen molar-refractivity contribution in [2.24, 2.45) is 0 Å². The molecule has 0 aromatic heterocycles. The zero-order chi connectivity index (χ0) is 14.0. The van der Waals surface area contributed by atoms with E-state index in [4.69, 9.17) is 4.55 Å². The maximum atomic E-state index is 9.56. The molecule has 0 fully saturated rings. The molecule has 1 heterocycles. The Hall–Kier alpha value is -0.850. The van der Waals surface area contributed by atoms with E-state index in [-0.39, 0.29) is 6.61 Å². The highest BCUT2D eigenvalue weighted by Crippen LogP contribution is 2.06. The molecule has 0 saturated carbocycles. The number of hydrogen-bond acceptors (Lipinski definition) is 4. The highest BCUT2D eigenvalue weighted by Gasteiger charge is 1.99. The Balaban J connectivity index is 0.000000360. The van der Waals surface area contributed by atoms with Crippen LogP contribution in [0.5, 0.6) is 0 Å². The first-order chi connectivity index (χ1) is 8.39. The highest BCUT2D eigenvalue weighted by molar-refractivity contribution is 7.80. The Morgan fingerprint density at radius 1 is 1.44 bits per heavy atom. The second-order valence-corrected chi connectivity index (χ2v) is 5.04. The summed E-state index contributed by atoms with van der Waals surface area (Å²) in [6.45, 7) is 8.12. The number of allylic oxidation sites excluding steroid dienone is 2. The zero-order valence-corrected chi connectivity index (χ0v) is 12.1. The van der Waals surface area contributed by atoms with Crippen molar-refractivity contribution in [3.63, 3.8) is 0 Å². The van der Waals surface area contributed by atoms with Gasteiger partial charge in [0.1, 0.15) is 0 Å². The average Bonchev–Trinajstić information content (AvgIpc) is 2.28. The third-order valence-corrected chi connectivity index (χ3v) is 2.80. The Morgan fingerprint density at radius 3 is 2.44 bits per heavy atom. The molecule has 5 nitrogen and oxygen atoms in total. The van der Waals surface area contributed by atoms with E-state index in [1.54, 1.807) is 0 Å². The van der Waals surface area contributed by atoms with Gasteiger partial charge in [0.15, 0.2) is 0 Å². The lowest BCUT2D eigenvalue weighted by Crippen LogP contribution is -2.20. The van der Waals surface area contributed by atoms with Crippen molar-refractivity contribution in [2.45, 2.75) is 33.6 Å². The lowest BCUT2D eigenvalue weighted by atomic mass is 10.2. The van der Waals surface area contributed by atoms with E-state index in [0.717, 1.165) is 6.54 Å². The van der Waals surface area contributed by atoms with Gasteiger partial charge in [0.2, 0.25) is 0 Å². The number of rotatable bonds is 5. The summed E-state index contributed by atoms with van der Waals surface area (Å²) in [5, 5.41) is 0. The molecular weight excluding hydrogens is 254 g/mol. The van der Waals surface area contributed by atoms with Crippen molar-refractivity contribution in [3.8, 4) is 0 Å². The van der Waals surface area contributed by atoms with Gasteiger partial charge in [-0.3, -0.25) is 4.55 Å². The second kappa shape index (κ2) is 9.13. The summed E-state index contributed by atoms with van der Waals surface area (Å²) in [5.74, 6) is 0. The van der Waals surface area contributed by atoms with Gasteiger partial charge in [0.05, 0.1) is 6.61 Å². The van der Waals surface area contributed by atoms with Gasteiger partial charge in [0.25, 0.3) is 0 Å². The first kappa shape index (κ1) is 17.2. The minimum atomic E-state index is -4.17. The number of unbranched alkanes of at least 4 members (excludes halogenated alkanes) is 1. The Labute approximate surface area is 110 Å². The SMILES string of the molecule is CCCCN1C=CC(C)=CC1.CCOS(=O)(=O)O. The van der Waals surface area contributed by atoms with Crippen molar-refractivity contribution in [1.82, 2.24) is 4.90 Å². The molecule has 0 saturated heterocycles. The Morgan fingerprint density at radius 2 is 2.11 bits per heavy atom. The highest BCUT2D eigenvalue weighted by atomic mass is 32.3. The molecule has 0 atom stereocenters. The summed E-state index contributed by atoms with van der Waals surface area (Å²) < 4.78 is 30.7. The van der Waals surface area contributed by atoms with Gasteiger partial charge in [-0.25, -0.2) is 4.18 Å². The van der Waals surface area contributed by atoms with Gasteiger partial charge in [0, 0.05) is 13.1 Å². The van der Waals surface area contributed by atoms with E-state index in [9.17, 15) is 8.42 Å². The lowest BCUT2D eigenvalue weighted by molar-refractivity contribution is 0.283. The van der Waals surface area contributed by atoms with E-state index < -0.39 is 10.4 Å². The predicted molar refractivity (Wildman–Crippen MR) is 72.6 cm³/mol. The van der Waals surface area contributed by atoms with Crippen LogP contribution in [0.1, 0.15) is 33.6 Å². The largest absolute Gasteiger partial charge is 0.397 e. The molecule has 1 N–H and O–H groups in total. The fourth-order valence-corrected chi connectivity index (χ4v) is 1.59. The molecule has 1 rings (SSSR count). The first-order valence-corrected chi connectivity index (χ1v) is 7.46. The molecule has 0 spiro atoms. The average molecular weight is 277 g/mol. The molecule has 0 aromatic rings. The molecule has 0 bridgehead atoms. The monoisotopic (exact) mass is 277 g/mol. The second-order valence-electron chi connectivity index (χ2n) is 3.95. The van der Waals surface area contributed by atoms with E-state index in [1.165, 1.54) is 31.9 Å². The molecule has 0 unspecified atom stereocenters. The Bertz CT molecular complexity index is 374. The van der Waals surface area contributed by atoms with E-state index in [0.29, 0.717) is 0 Å². The molecule has 0 aliphatic carbocycles. The molecule has 1 aliphatic heterocycles. The normalized spacial score (nSPS) is 14.9. The topological polar surface area (TPSA) is 66.8 Å². The van der Waals surface area contributed by atoms with E-state index >= 15 is 0 Å². The van der Waals surface area contributed by atoms with Crippen LogP contribution in [0.15, 0.2) is 23.9 Å². The summed E-state index contributed by atoms with van der Waals surface area (Å²) in [6.07, 6.45) is 9.24. The summed E-state index contributed by atoms with van der Waals surface area (Å²) in [4.78, 5) is 2.36. The van der Waals surface area contributed by atoms with Crippen LogP contribution in [0.3, 0.4) is 0 Å². The maximum Gasteiger partial charge on any atom is 0.397 e. The van der Waals surface area contributed by atoms with E-state index in [2.05, 4.69) is 41.3 Å². The van der Waals surface area contributed by atoms with Crippen LogP contribution in [0.25, 0.3) is 0 Å². The summed E-state index contributed by atoms with van der Waals surface area (Å²) in [7, 11) is -4.17. The smallest absolute Gasteiger partial charge is 0.374 e. The standard InChI is InChI=1S/C10H17N.C2H6O4S/c1-3-4-7-11-8-5-10(2)6-9-11;1-2-6-7(3,4)5/h5-6,8H,3-4,7,9H2,1-2H3;2H2,1H3,(H,3,4,5). The van der Waals surface area contributed by atoms with Gasteiger partial charge < -0.3 is 4.90 Å². The molecule has 1 aliphatic rings. The van der Waals surface area contributed by atoms with Crippen LogP contribution < -0.4 is 0 Å². The van der Waals surface area contributed by atoms with Gasteiger partial charge in [-0.15, -0.1) is 0 Å². The van der Waals surface area contributed by atoms with Gasteiger partial charge in [-0.1, -0.05) is 25.0 Å². The van der Waals surface area contributed by atoms with Crippen LogP contribution in [0, 0.1) is 0 Å². The van der Waals surface area contributed by atoms with Crippen LogP contribution in [-0.2, 0) is 14.6 Å². The minimum Gasteiger partial charge on any atom is -0.374 e. The van der Waals surface area contributed by atoms with Crippen molar-refractivity contribution >= 4 is 10.4 Å². The number of hydrogen-bond donors (Lipinski definition) is 1. The molecule has 106 valence electrons. The lowest BCUT2D eigenvalue weighted by Gasteiger charge is -2.21. The van der Waals surface area contributed by atoms with Crippen molar-refractivity contribution < 1.29 is 17.2 Å². The number of nitrogens with zero attached hydrogens (tertiary/aromatic N) is 1. The maximum absolute atomic E-state index is 9.56. The quantitative estimate of drug-likeness (QED) is 0.782. The summed E-state index contributed by atoms with van der Waals surface area (Å²) in [5.41, 5.74) is 1.39. The van der Waals surface area contributed by atoms with Crippen molar-refractivity contribution in [1.29, 1.82) is 0 Å². The Kier molecular flexibility index (Phi) is 8.70. The van der Waals surface area contributed by atoms with Crippen molar-refractivity contribution in [2.75, 3.05) is 19.7 Å². The fraction of sp³-hybridized carbons (Fsp3) is 0.667. The van der Waals surface area contributed by atoms with Crippen molar-refractivity contribution in [3.05, 3.63) is 23.9 Å². The fourth-order valence-electron chi connectivity index (χ4n) is 1.29. The molecule has 6 heteroatoms. The first-order valence-electron chi connectivity index (χ1n) is 6.10. The molecular formula is C12H23NO4S. The zero-order valence-electron chi connectivity index (χ0n) is 11.3. The molecule has 0 aromatic carbocycles. The third kappa shape index (κ3) is 10.3. The molecule has 0 radical (unpaired) electrons. The van der Waals surface area contributed by atoms with E-state index in [1.807, 2.05) is 0 Å². The predicted octanol–water partition coefficient (Wildman–Crippen LogP) is 2.39. The van der Waals surface area contributed by atoms with Crippen LogP contribution in [-0.4, -0.2) is 37.6 Å². The third-order valence-electron chi connectivity index (χ3n) is 2.26. The summed E-state index contributed by atoms with van der Waals surface area (Å²) in [6, 6.07) is 0.